The average molecular weight is 288 g/mol. The van der Waals surface area contributed by atoms with Gasteiger partial charge in [0.2, 0.25) is 0 Å². The van der Waals surface area contributed by atoms with Gasteiger partial charge in [0.1, 0.15) is 0 Å². The molecule has 2 unspecified atom stereocenters. The maximum absolute atomic E-state index is 3.75. The van der Waals surface area contributed by atoms with E-state index in [0.29, 0.717) is 5.54 Å². The van der Waals surface area contributed by atoms with E-state index in [1.807, 2.05) is 0 Å². The maximum Gasteiger partial charge on any atom is 0.0330 e. The summed E-state index contributed by atoms with van der Waals surface area (Å²) in [6, 6.07) is 8.81. The maximum atomic E-state index is 3.75. The summed E-state index contributed by atoms with van der Waals surface area (Å²) < 4.78 is 0. The van der Waals surface area contributed by atoms with Crippen LogP contribution in [0.4, 0.5) is 0 Å². The van der Waals surface area contributed by atoms with Crippen molar-refractivity contribution >= 4 is 0 Å². The normalized spacial score (nSPS) is 26.2. The second-order valence-electron chi connectivity index (χ2n) is 7.05. The molecule has 0 aromatic heterocycles. The van der Waals surface area contributed by atoms with Crippen molar-refractivity contribution in [1.82, 2.24) is 10.2 Å². The highest BCUT2D eigenvalue weighted by Gasteiger charge is 2.36. The number of hydrogen-bond acceptors (Lipinski definition) is 2. The summed E-state index contributed by atoms with van der Waals surface area (Å²) >= 11 is 0. The van der Waals surface area contributed by atoms with Crippen molar-refractivity contribution < 1.29 is 0 Å². The SMILES string of the molecule is CCc1ccccc1CNCC1(N(C)C)CCCC(C)C1. The number of hydrogen-bond donors (Lipinski definition) is 1. The van der Waals surface area contributed by atoms with Gasteiger partial charge in [-0.2, -0.15) is 0 Å². The lowest BCUT2D eigenvalue weighted by atomic mass is 9.75. The summed E-state index contributed by atoms with van der Waals surface area (Å²) in [4.78, 5) is 2.46. The van der Waals surface area contributed by atoms with E-state index in [-0.39, 0.29) is 0 Å². The van der Waals surface area contributed by atoms with Crippen LogP contribution in [0.25, 0.3) is 0 Å². The van der Waals surface area contributed by atoms with Gasteiger partial charge in [-0.1, -0.05) is 51.0 Å². The zero-order valence-corrected chi connectivity index (χ0v) is 14.3. The van der Waals surface area contributed by atoms with Crippen molar-refractivity contribution in [2.24, 2.45) is 5.92 Å². The van der Waals surface area contributed by atoms with E-state index in [9.17, 15) is 0 Å². The summed E-state index contributed by atoms with van der Waals surface area (Å²) in [7, 11) is 4.50. The Morgan fingerprint density at radius 1 is 1.24 bits per heavy atom. The average Bonchev–Trinajstić information content (AvgIpc) is 2.47. The van der Waals surface area contributed by atoms with Crippen LogP contribution in [0, 0.1) is 5.92 Å². The molecule has 0 saturated heterocycles. The second kappa shape index (κ2) is 7.42. The molecule has 1 aliphatic carbocycles. The van der Waals surface area contributed by atoms with Crippen LogP contribution in [-0.4, -0.2) is 31.1 Å². The van der Waals surface area contributed by atoms with Gasteiger partial charge < -0.3 is 10.2 Å². The summed E-state index contributed by atoms with van der Waals surface area (Å²) in [6.45, 7) is 6.74. The van der Waals surface area contributed by atoms with Crippen LogP contribution >= 0.6 is 0 Å². The molecule has 0 bridgehead atoms. The van der Waals surface area contributed by atoms with E-state index in [2.05, 4.69) is 62.4 Å². The van der Waals surface area contributed by atoms with Crippen molar-refractivity contribution in [3.63, 3.8) is 0 Å². The van der Waals surface area contributed by atoms with Crippen LogP contribution in [0.15, 0.2) is 24.3 Å². The molecule has 1 fully saturated rings. The minimum atomic E-state index is 0.346. The molecule has 0 radical (unpaired) electrons. The minimum absolute atomic E-state index is 0.346. The monoisotopic (exact) mass is 288 g/mol. The number of likely N-dealkylation sites (N-methyl/N-ethyl adjacent to an activating group) is 1. The molecule has 0 spiro atoms. The van der Waals surface area contributed by atoms with E-state index in [4.69, 9.17) is 0 Å². The summed E-state index contributed by atoms with van der Waals surface area (Å²) in [5, 5.41) is 3.75. The zero-order chi connectivity index (χ0) is 15.3. The van der Waals surface area contributed by atoms with Crippen LogP contribution in [0.1, 0.15) is 50.7 Å². The third-order valence-electron chi connectivity index (χ3n) is 5.28. The van der Waals surface area contributed by atoms with Gasteiger partial charge in [0, 0.05) is 18.6 Å². The number of aryl methyl sites for hydroxylation is 1. The predicted octanol–water partition coefficient (Wildman–Crippen LogP) is 3.85. The fraction of sp³-hybridized carbons (Fsp3) is 0.684. The largest absolute Gasteiger partial charge is 0.311 e. The molecule has 21 heavy (non-hydrogen) atoms. The Balaban J connectivity index is 1.96. The highest BCUT2D eigenvalue weighted by molar-refractivity contribution is 5.26. The highest BCUT2D eigenvalue weighted by Crippen LogP contribution is 2.35. The molecule has 118 valence electrons. The number of benzene rings is 1. The van der Waals surface area contributed by atoms with Crippen molar-refractivity contribution in [2.45, 2.75) is 58.0 Å². The van der Waals surface area contributed by atoms with Crippen LogP contribution in [-0.2, 0) is 13.0 Å². The molecular weight excluding hydrogens is 256 g/mol. The van der Waals surface area contributed by atoms with Crippen molar-refractivity contribution in [3.05, 3.63) is 35.4 Å². The summed E-state index contributed by atoms with van der Waals surface area (Å²) in [6.07, 6.45) is 6.53. The molecule has 2 atom stereocenters. The zero-order valence-electron chi connectivity index (χ0n) is 14.3. The van der Waals surface area contributed by atoms with Crippen LogP contribution in [0.3, 0.4) is 0 Å². The van der Waals surface area contributed by atoms with Gasteiger partial charge >= 0.3 is 0 Å². The van der Waals surface area contributed by atoms with E-state index in [1.165, 1.54) is 36.8 Å². The van der Waals surface area contributed by atoms with Gasteiger partial charge in [-0.3, -0.25) is 0 Å². The molecule has 2 rings (SSSR count). The third kappa shape index (κ3) is 4.08. The van der Waals surface area contributed by atoms with Gasteiger partial charge in [0.25, 0.3) is 0 Å². The first-order valence-electron chi connectivity index (χ1n) is 8.52. The second-order valence-corrected chi connectivity index (χ2v) is 7.05. The van der Waals surface area contributed by atoms with Crippen molar-refractivity contribution in [3.8, 4) is 0 Å². The van der Waals surface area contributed by atoms with Gasteiger partial charge in [-0.25, -0.2) is 0 Å². The van der Waals surface area contributed by atoms with Gasteiger partial charge in [0.05, 0.1) is 0 Å². The fourth-order valence-corrected chi connectivity index (χ4v) is 3.86. The van der Waals surface area contributed by atoms with E-state index < -0.39 is 0 Å². The first kappa shape index (κ1) is 16.5. The van der Waals surface area contributed by atoms with Crippen molar-refractivity contribution in [2.75, 3.05) is 20.6 Å². The Morgan fingerprint density at radius 3 is 2.57 bits per heavy atom. The lowest BCUT2D eigenvalue weighted by Gasteiger charge is -2.45. The van der Waals surface area contributed by atoms with Crippen LogP contribution < -0.4 is 5.32 Å². The van der Waals surface area contributed by atoms with Crippen LogP contribution in [0.5, 0.6) is 0 Å². The molecular formula is C19H32N2. The predicted molar refractivity (Wildman–Crippen MR) is 91.6 cm³/mol. The minimum Gasteiger partial charge on any atom is -0.311 e. The van der Waals surface area contributed by atoms with Crippen molar-refractivity contribution in [1.29, 1.82) is 0 Å². The Bertz CT molecular complexity index is 441. The molecule has 1 aromatic rings. The molecule has 2 nitrogen and oxygen atoms in total. The molecule has 1 N–H and O–H groups in total. The van der Waals surface area contributed by atoms with E-state index in [1.54, 1.807) is 0 Å². The highest BCUT2D eigenvalue weighted by atomic mass is 15.2. The Kier molecular flexibility index (Phi) is 5.83. The molecule has 1 aliphatic rings. The lowest BCUT2D eigenvalue weighted by molar-refractivity contribution is 0.0749. The molecule has 0 heterocycles. The number of nitrogens with zero attached hydrogens (tertiary/aromatic N) is 1. The fourth-order valence-electron chi connectivity index (χ4n) is 3.86. The Morgan fingerprint density at radius 2 is 1.95 bits per heavy atom. The molecule has 0 amide bonds. The smallest absolute Gasteiger partial charge is 0.0330 e. The molecule has 0 aliphatic heterocycles. The third-order valence-corrected chi connectivity index (χ3v) is 5.28. The molecule has 1 saturated carbocycles. The topological polar surface area (TPSA) is 15.3 Å². The van der Waals surface area contributed by atoms with E-state index in [0.717, 1.165) is 25.4 Å². The summed E-state index contributed by atoms with van der Waals surface area (Å²) in [5.41, 5.74) is 3.28. The quantitative estimate of drug-likeness (QED) is 0.855. The standard InChI is InChI=1S/C19H32N2/c1-5-17-10-6-7-11-18(17)14-20-15-19(21(3)4)12-8-9-16(2)13-19/h6-7,10-11,16,20H,5,8-9,12-15H2,1-4H3. The Labute approximate surface area is 130 Å². The van der Waals surface area contributed by atoms with E-state index >= 15 is 0 Å². The number of rotatable bonds is 6. The van der Waals surface area contributed by atoms with Gasteiger partial charge in [-0.05, 0) is 50.4 Å². The number of nitrogens with one attached hydrogen (secondary N) is 1. The summed E-state index contributed by atoms with van der Waals surface area (Å²) in [5.74, 6) is 0.853. The Hall–Kier alpha value is -0.860. The molecule has 2 heteroatoms. The van der Waals surface area contributed by atoms with Crippen LogP contribution in [0.2, 0.25) is 0 Å². The lowest BCUT2D eigenvalue weighted by Crippen LogP contribution is -2.54. The molecule has 1 aromatic carbocycles. The first-order valence-corrected chi connectivity index (χ1v) is 8.52. The van der Waals surface area contributed by atoms with Gasteiger partial charge in [0.15, 0.2) is 0 Å². The van der Waals surface area contributed by atoms with Gasteiger partial charge in [-0.15, -0.1) is 0 Å². The first-order chi connectivity index (χ1) is 10.1.